The van der Waals surface area contributed by atoms with Crippen molar-refractivity contribution in [2.24, 2.45) is 5.92 Å². The fourth-order valence-corrected chi connectivity index (χ4v) is 3.89. The van der Waals surface area contributed by atoms with Crippen molar-refractivity contribution in [1.29, 1.82) is 0 Å². The molecule has 4 rings (SSSR count). The van der Waals surface area contributed by atoms with E-state index < -0.39 is 0 Å². The molecule has 0 aromatic carbocycles. The van der Waals surface area contributed by atoms with Crippen LogP contribution in [0.15, 0.2) is 29.0 Å². The Balaban J connectivity index is 1.44. The fraction of sp³-hybridized carbons (Fsp3) is 0.524. The second-order valence-corrected chi connectivity index (χ2v) is 8.14. The van der Waals surface area contributed by atoms with Crippen molar-refractivity contribution >= 4 is 11.6 Å². The number of amides is 1. The summed E-state index contributed by atoms with van der Waals surface area (Å²) >= 11 is 0. The molecule has 1 unspecified atom stereocenters. The summed E-state index contributed by atoms with van der Waals surface area (Å²) in [6, 6.07) is 4.01. The first-order valence-electron chi connectivity index (χ1n) is 10.0. The molecule has 0 saturated carbocycles. The predicted molar refractivity (Wildman–Crippen MR) is 105 cm³/mol. The highest BCUT2D eigenvalue weighted by atomic mass is 16.5. The molecule has 4 heterocycles. The van der Waals surface area contributed by atoms with Crippen molar-refractivity contribution in [3.63, 3.8) is 0 Å². The van der Waals surface area contributed by atoms with Crippen LogP contribution in [0, 0.1) is 12.8 Å². The Morgan fingerprint density at radius 2 is 2.25 bits per heavy atom. The molecule has 1 aliphatic heterocycles. The van der Waals surface area contributed by atoms with Gasteiger partial charge in [0.1, 0.15) is 5.65 Å². The van der Waals surface area contributed by atoms with Gasteiger partial charge in [-0.05, 0) is 37.3 Å². The monoisotopic (exact) mass is 381 g/mol. The van der Waals surface area contributed by atoms with E-state index in [2.05, 4.69) is 29.0 Å². The lowest BCUT2D eigenvalue weighted by atomic mass is 9.97. The Bertz CT molecular complexity index is 974. The lowest BCUT2D eigenvalue weighted by Gasteiger charge is -2.31. The van der Waals surface area contributed by atoms with Gasteiger partial charge in [-0.15, -0.1) is 0 Å². The summed E-state index contributed by atoms with van der Waals surface area (Å²) in [6.45, 7) is 7.72. The summed E-state index contributed by atoms with van der Waals surface area (Å²) in [5.41, 5.74) is 2.93. The molecule has 0 N–H and O–H groups in total. The molecule has 1 saturated heterocycles. The van der Waals surface area contributed by atoms with Crippen molar-refractivity contribution in [3.8, 4) is 0 Å². The van der Waals surface area contributed by atoms with Crippen LogP contribution < -0.4 is 0 Å². The zero-order chi connectivity index (χ0) is 19.7. The molecule has 1 fully saturated rings. The Kier molecular flexibility index (Phi) is 5.15. The first-order chi connectivity index (χ1) is 13.5. The van der Waals surface area contributed by atoms with E-state index in [1.165, 1.54) is 0 Å². The third-order valence-electron chi connectivity index (χ3n) is 5.34. The summed E-state index contributed by atoms with van der Waals surface area (Å²) in [7, 11) is 0. The number of rotatable bonds is 5. The smallest absolute Gasteiger partial charge is 0.231 e. The topological polar surface area (TPSA) is 76.5 Å². The molecule has 7 heteroatoms. The second kappa shape index (κ2) is 7.73. The van der Waals surface area contributed by atoms with Gasteiger partial charge in [-0.25, -0.2) is 4.98 Å². The number of carbonyl (C=O) groups is 1. The van der Waals surface area contributed by atoms with Crippen LogP contribution in [0.2, 0.25) is 0 Å². The number of carbonyl (C=O) groups excluding carboxylic acids is 1. The van der Waals surface area contributed by atoms with Gasteiger partial charge in [-0.3, -0.25) is 4.79 Å². The first kappa shape index (κ1) is 18.7. The molecule has 3 aromatic heterocycles. The molecule has 28 heavy (non-hydrogen) atoms. The molecule has 0 aliphatic carbocycles. The largest absolute Gasteiger partial charge is 0.342 e. The Morgan fingerprint density at radius 3 is 3.07 bits per heavy atom. The van der Waals surface area contributed by atoms with Gasteiger partial charge in [0.05, 0.1) is 18.0 Å². The normalized spacial score (nSPS) is 17.6. The number of aryl methyl sites for hydroxylation is 1. The quantitative estimate of drug-likeness (QED) is 0.678. The van der Waals surface area contributed by atoms with Crippen LogP contribution in [0.25, 0.3) is 5.65 Å². The van der Waals surface area contributed by atoms with Crippen LogP contribution in [0.5, 0.6) is 0 Å². The van der Waals surface area contributed by atoms with E-state index in [4.69, 9.17) is 4.52 Å². The zero-order valence-electron chi connectivity index (χ0n) is 16.8. The van der Waals surface area contributed by atoms with E-state index >= 15 is 0 Å². The highest BCUT2D eigenvalue weighted by Crippen LogP contribution is 2.26. The predicted octanol–water partition coefficient (Wildman–Crippen LogP) is 3.17. The van der Waals surface area contributed by atoms with Crippen LogP contribution in [0.3, 0.4) is 0 Å². The number of nitrogens with zero attached hydrogens (tertiary/aromatic N) is 5. The number of piperidine rings is 1. The molecular formula is C21H27N5O2. The van der Waals surface area contributed by atoms with Crippen molar-refractivity contribution in [2.45, 2.75) is 52.4 Å². The highest BCUT2D eigenvalue weighted by molar-refractivity contribution is 5.78. The van der Waals surface area contributed by atoms with Gasteiger partial charge in [-0.2, -0.15) is 4.98 Å². The minimum Gasteiger partial charge on any atom is -0.342 e. The molecule has 1 atom stereocenters. The highest BCUT2D eigenvalue weighted by Gasteiger charge is 2.29. The van der Waals surface area contributed by atoms with Gasteiger partial charge in [0.15, 0.2) is 5.82 Å². The van der Waals surface area contributed by atoms with Gasteiger partial charge >= 0.3 is 0 Å². The Hall–Kier alpha value is -2.70. The lowest BCUT2D eigenvalue weighted by Crippen LogP contribution is -2.40. The SMILES string of the molecule is Cc1cccn2c(CC(=O)N3CCCC(c4nc(CC(C)C)no4)C3)cnc12. The Morgan fingerprint density at radius 1 is 1.39 bits per heavy atom. The molecule has 1 aliphatic rings. The van der Waals surface area contributed by atoms with E-state index in [1.54, 1.807) is 6.20 Å². The molecule has 0 bridgehead atoms. The summed E-state index contributed by atoms with van der Waals surface area (Å²) in [6.07, 6.45) is 6.85. The molecule has 3 aromatic rings. The third-order valence-corrected chi connectivity index (χ3v) is 5.34. The Labute approximate surface area is 164 Å². The van der Waals surface area contributed by atoms with Crippen LogP contribution in [-0.2, 0) is 17.6 Å². The van der Waals surface area contributed by atoms with Crippen molar-refractivity contribution in [2.75, 3.05) is 13.1 Å². The van der Waals surface area contributed by atoms with Gasteiger partial charge in [0, 0.05) is 31.9 Å². The summed E-state index contributed by atoms with van der Waals surface area (Å²) in [5.74, 6) is 2.16. The minimum atomic E-state index is 0.120. The zero-order valence-corrected chi connectivity index (χ0v) is 16.8. The summed E-state index contributed by atoms with van der Waals surface area (Å²) in [4.78, 5) is 23.9. The van der Waals surface area contributed by atoms with Crippen molar-refractivity contribution in [1.82, 2.24) is 24.4 Å². The molecule has 148 valence electrons. The average molecular weight is 381 g/mol. The minimum absolute atomic E-state index is 0.120. The number of fused-ring (bicyclic) bond motifs is 1. The summed E-state index contributed by atoms with van der Waals surface area (Å²) < 4.78 is 7.50. The number of imidazole rings is 1. The number of hydrogen-bond donors (Lipinski definition) is 0. The third kappa shape index (κ3) is 3.79. The molecule has 0 spiro atoms. The van der Waals surface area contributed by atoms with E-state index in [-0.39, 0.29) is 11.8 Å². The van der Waals surface area contributed by atoms with E-state index in [0.29, 0.717) is 24.8 Å². The van der Waals surface area contributed by atoms with Crippen LogP contribution in [-0.4, -0.2) is 43.4 Å². The maximum atomic E-state index is 12.9. The molecule has 7 nitrogen and oxygen atoms in total. The number of likely N-dealkylation sites (tertiary alicyclic amines) is 1. The molecule has 0 radical (unpaired) electrons. The van der Waals surface area contributed by atoms with E-state index in [9.17, 15) is 4.79 Å². The number of pyridine rings is 1. The standard InChI is InChI=1S/C21H27N5O2/c1-14(2)10-18-23-21(28-24-18)16-7-5-8-25(13-16)19(27)11-17-12-22-20-15(3)6-4-9-26(17)20/h4,6,9,12,14,16H,5,7-8,10-11,13H2,1-3H3. The molecule has 1 amide bonds. The fourth-order valence-electron chi connectivity index (χ4n) is 3.89. The summed E-state index contributed by atoms with van der Waals surface area (Å²) in [5, 5.41) is 4.10. The van der Waals surface area contributed by atoms with Crippen molar-refractivity contribution < 1.29 is 9.32 Å². The first-order valence-corrected chi connectivity index (χ1v) is 10.0. The van der Waals surface area contributed by atoms with Crippen LogP contribution in [0.4, 0.5) is 0 Å². The number of hydrogen-bond acceptors (Lipinski definition) is 5. The lowest BCUT2D eigenvalue weighted by molar-refractivity contribution is -0.131. The maximum absolute atomic E-state index is 12.9. The van der Waals surface area contributed by atoms with Crippen molar-refractivity contribution in [3.05, 3.63) is 47.5 Å². The number of aromatic nitrogens is 4. The van der Waals surface area contributed by atoms with Gasteiger partial charge in [0.2, 0.25) is 11.8 Å². The second-order valence-electron chi connectivity index (χ2n) is 8.14. The van der Waals surface area contributed by atoms with E-state index in [1.807, 2.05) is 34.6 Å². The van der Waals surface area contributed by atoms with Crippen LogP contribution in [0.1, 0.15) is 55.6 Å². The van der Waals surface area contributed by atoms with Gasteiger partial charge in [-0.1, -0.05) is 25.1 Å². The van der Waals surface area contributed by atoms with Crippen LogP contribution >= 0.6 is 0 Å². The van der Waals surface area contributed by atoms with E-state index in [0.717, 1.165) is 48.5 Å². The van der Waals surface area contributed by atoms with Gasteiger partial charge in [0.25, 0.3) is 0 Å². The molecular weight excluding hydrogens is 354 g/mol. The average Bonchev–Trinajstić information content (AvgIpc) is 3.30. The van der Waals surface area contributed by atoms with Gasteiger partial charge < -0.3 is 13.8 Å². The maximum Gasteiger partial charge on any atom is 0.231 e.